The van der Waals surface area contributed by atoms with E-state index < -0.39 is 0 Å². The van der Waals surface area contributed by atoms with Crippen LogP contribution in [0, 0.1) is 13.8 Å². The van der Waals surface area contributed by atoms with E-state index >= 15 is 0 Å². The Morgan fingerprint density at radius 1 is 1.20 bits per heavy atom. The second-order valence-electron chi connectivity index (χ2n) is 8.14. The summed E-state index contributed by atoms with van der Waals surface area (Å²) in [4.78, 5) is 24.2. The van der Waals surface area contributed by atoms with Gasteiger partial charge in [0.25, 0.3) is 5.91 Å². The largest absolute Gasteiger partial charge is 0.484 e. The number of benzene rings is 2. The van der Waals surface area contributed by atoms with Gasteiger partial charge in [-0.2, -0.15) is 0 Å². The quantitative estimate of drug-likeness (QED) is 0.682. The topological polar surface area (TPSA) is 79.4 Å². The van der Waals surface area contributed by atoms with Gasteiger partial charge >= 0.3 is 0 Å². The van der Waals surface area contributed by atoms with Gasteiger partial charge in [-0.05, 0) is 50.6 Å². The number of hydrogen-bond donors (Lipinski definition) is 2. The van der Waals surface area contributed by atoms with Crippen LogP contribution >= 0.6 is 0 Å². The average molecular weight is 403 g/mol. The standard InChI is InChI=1S/C23H25N5O2/c1-14-3-6-19(7-4-14)30-13-22(29)26-16-5-8-21-20(10-16)15(2)25-23(27-21)28-12-17-9-18(28)11-24-17/h3-8,10,17-18,24H,9,11-13H2,1-2H3,(H,26,29). The number of rotatable bonds is 5. The molecule has 30 heavy (non-hydrogen) atoms. The van der Waals surface area contributed by atoms with Crippen molar-refractivity contribution in [3.8, 4) is 5.75 Å². The van der Waals surface area contributed by atoms with Crippen LogP contribution in [0.3, 0.4) is 0 Å². The minimum absolute atomic E-state index is 0.0406. The molecule has 7 heteroatoms. The molecule has 3 aromatic rings. The summed E-state index contributed by atoms with van der Waals surface area (Å²) in [5.41, 5.74) is 3.67. The van der Waals surface area contributed by atoms with E-state index in [0.717, 1.165) is 47.6 Å². The third-order valence-corrected chi connectivity index (χ3v) is 5.86. The molecule has 2 aliphatic rings. The van der Waals surface area contributed by atoms with Crippen molar-refractivity contribution in [3.05, 3.63) is 53.7 Å². The van der Waals surface area contributed by atoms with Gasteiger partial charge in [-0.15, -0.1) is 0 Å². The number of carbonyl (C=O) groups excluding carboxylic acids is 1. The van der Waals surface area contributed by atoms with Crippen LogP contribution in [0.25, 0.3) is 10.9 Å². The van der Waals surface area contributed by atoms with E-state index in [2.05, 4.69) is 15.5 Å². The third-order valence-electron chi connectivity index (χ3n) is 5.86. The molecule has 0 aliphatic carbocycles. The smallest absolute Gasteiger partial charge is 0.262 e. The van der Waals surface area contributed by atoms with Gasteiger partial charge in [-0.25, -0.2) is 9.97 Å². The Bertz CT molecular complexity index is 1100. The fraction of sp³-hybridized carbons (Fsp3) is 0.348. The van der Waals surface area contributed by atoms with Crippen LogP contribution < -0.4 is 20.3 Å². The Labute approximate surface area is 175 Å². The first-order chi connectivity index (χ1) is 14.5. The molecule has 2 saturated heterocycles. The van der Waals surface area contributed by atoms with Crippen molar-refractivity contribution in [1.82, 2.24) is 15.3 Å². The normalized spacial score (nSPS) is 20.0. The number of piperazine rings is 1. The van der Waals surface area contributed by atoms with E-state index in [1.807, 2.05) is 56.3 Å². The zero-order valence-corrected chi connectivity index (χ0v) is 17.2. The average Bonchev–Trinajstić information content (AvgIpc) is 3.37. The first-order valence-corrected chi connectivity index (χ1v) is 10.3. The molecule has 0 spiro atoms. The molecule has 0 saturated carbocycles. The molecule has 7 nitrogen and oxygen atoms in total. The van der Waals surface area contributed by atoms with Crippen LogP contribution in [0.2, 0.25) is 0 Å². The number of aromatic nitrogens is 2. The Morgan fingerprint density at radius 3 is 2.77 bits per heavy atom. The Hall–Kier alpha value is -3.19. The predicted octanol–water partition coefficient (Wildman–Crippen LogP) is 2.81. The number of fused-ring (bicyclic) bond motifs is 3. The first kappa shape index (κ1) is 18.8. The summed E-state index contributed by atoms with van der Waals surface area (Å²) in [7, 11) is 0. The van der Waals surface area contributed by atoms with Gasteiger partial charge in [0.15, 0.2) is 6.61 Å². The summed E-state index contributed by atoms with van der Waals surface area (Å²) in [5, 5.41) is 7.35. The maximum atomic E-state index is 12.3. The molecule has 1 aromatic heterocycles. The Morgan fingerprint density at radius 2 is 2.03 bits per heavy atom. The van der Waals surface area contributed by atoms with Crippen LogP contribution in [0.1, 0.15) is 17.7 Å². The number of amides is 1. The molecule has 0 radical (unpaired) electrons. The Kier molecular flexibility index (Phi) is 4.75. The molecule has 3 heterocycles. The maximum Gasteiger partial charge on any atom is 0.262 e. The first-order valence-electron chi connectivity index (χ1n) is 10.3. The van der Waals surface area contributed by atoms with Crippen molar-refractivity contribution < 1.29 is 9.53 Å². The fourth-order valence-electron chi connectivity index (χ4n) is 4.26. The molecule has 5 rings (SSSR count). The van der Waals surface area contributed by atoms with Gasteiger partial charge in [0.2, 0.25) is 5.95 Å². The molecule has 2 unspecified atom stereocenters. The summed E-state index contributed by atoms with van der Waals surface area (Å²) < 4.78 is 5.56. The molecule has 2 bridgehead atoms. The van der Waals surface area contributed by atoms with Gasteiger partial charge in [0, 0.05) is 36.2 Å². The van der Waals surface area contributed by atoms with Crippen molar-refractivity contribution in [2.24, 2.45) is 0 Å². The van der Waals surface area contributed by atoms with Crippen molar-refractivity contribution in [1.29, 1.82) is 0 Å². The molecular formula is C23H25N5O2. The van der Waals surface area contributed by atoms with Gasteiger partial charge in [0.1, 0.15) is 5.75 Å². The van der Waals surface area contributed by atoms with E-state index in [1.54, 1.807) is 0 Å². The van der Waals surface area contributed by atoms with Crippen LogP contribution in [-0.4, -0.2) is 47.7 Å². The molecule has 1 amide bonds. The van der Waals surface area contributed by atoms with E-state index in [-0.39, 0.29) is 12.5 Å². The van der Waals surface area contributed by atoms with Crippen LogP contribution in [0.15, 0.2) is 42.5 Å². The molecule has 2 aromatic carbocycles. The van der Waals surface area contributed by atoms with Crippen LogP contribution in [0.4, 0.5) is 11.6 Å². The number of nitrogens with one attached hydrogen (secondary N) is 2. The molecule has 2 fully saturated rings. The fourth-order valence-corrected chi connectivity index (χ4v) is 4.26. The van der Waals surface area contributed by atoms with E-state index in [9.17, 15) is 4.79 Å². The summed E-state index contributed by atoms with van der Waals surface area (Å²) >= 11 is 0. The van der Waals surface area contributed by atoms with Crippen molar-refractivity contribution in [3.63, 3.8) is 0 Å². The monoisotopic (exact) mass is 403 g/mol. The van der Waals surface area contributed by atoms with Crippen LogP contribution in [-0.2, 0) is 4.79 Å². The minimum Gasteiger partial charge on any atom is -0.484 e. The summed E-state index contributed by atoms with van der Waals surface area (Å²) in [6.07, 6.45) is 1.16. The zero-order valence-electron chi connectivity index (χ0n) is 17.2. The van der Waals surface area contributed by atoms with Gasteiger partial charge < -0.3 is 20.3 Å². The number of hydrogen-bond acceptors (Lipinski definition) is 6. The SMILES string of the molecule is Cc1ccc(OCC(=O)Nc2ccc3nc(N4CC5CC4CN5)nc(C)c3c2)cc1. The van der Waals surface area contributed by atoms with Gasteiger partial charge in [-0.1, -0.05) is 17.7 Å². The number of carbonyl (C=O) groups is 1. The summed E-state index contributed by atoms with van der Waals surface area (Å²) in [6.45, 7) is 5.93. The number of ether oxygens (including phenoxy) is 1. The summed E-state index contributed by atoms with van der Waals surface area (Å²) in [5.74, 6) is 1.28. The number of nitrogens with zero attached hydrogens (tertiary/aromatic N) is 3. The second-order valence-corrected chi connectivity index (χ2v) is 8.14. The third kappa shape index (κ3) is 3.68. The lowest BCUT2D eigenvalue weighted by Gasteiger charge is -2.27. The van der Waals surface area contributed by atoms with Crippen molar-refractivity contribution >= 4 is 28.4 Å². The number of anilines is 2. The lowest BCUT2D eigenvalue weighted by atomic mass is 10.1. The maximum absolute atomic E-state index is 12.3. The van der Waals surface area contributed by atoms with E-state index in [4.69, 9.17) is 14.7 Å². The van der Waals surface area contributed by atoms with Crippen LogP contribution in [0.5, 0.6) is 5.75 Å². The summed E-state index contributed by atoms with van der Waals surface area (Å²) in [6, 6.07) is 14.4. The lowest BCUT2D eigenvalue weighted by molar-refractivity contribution is -0.118. The molecule has 154 valence electrons. The Balaban J connectivity index is 1.28. The molecule has 2 N–H and O–H groups in total. The van der Waals surface area contributed by atoms with Crippen molar-refractivity contribution in [2.45, 2.75) is 32.4 Å². The van der Waals surface area contributed by atoms with Gasteiger partial charge in [0.05, 0.1) is 11.2 Å². The van der Waals surface area contributed by atoms with Gasteiger partial charge in [-0.3, -0.25) is 4.79 Å². The number of aryl methyl sites for hydroxylation is 2. The predicted molar refractivity (Wildman–Crippen MR) is 117 cm³/mol. The van der Waals surface area contributed by atoms with E-state index in [0.29, 0.717) is 23.5 Å². The highest BCUT2D eigenvalue weighted by molar-refractivity contribution is 5.95. The highest BCUT2D eigenvalue weighted by Crippen LogP contribution is 2.29. The minimum atomic E-state index is -0.203. The zero-order chi connectivity index (χ0) is 20.7. The second kappa shape index (κ2) is 7.57. The molecule has 2 aliphatic heterocycles. The highest BCUT2D eigenvalue weighted by atomic mass is 16.5. The van der Waals surface area contributed by atoms with E-state index in [1.165, 1.54) is 0 Å². The molecule has 2 atom stereocenters. The molecular weight excluding hydrogens is 378 g/mol. The lowest BCUT2D eigenvalue weighted by Crippen LogP contribution is -2.44. The highest BCUT2D eigenvalue weighted by Gasteiger charge is 2.38. The van der Waals surface area contributed by atoms with Crippen molar-refractivity contribution in [2.75, 3.05) is 29.9 Å².